The summed E-state index contributed by atoms with van der Waals surface area (Å²) in [6, 6.07) is 10.7. The highest BCUT2D eigenvalue weighted by Gasteiger charge is 2.26. The first kappa shape index (κ1) is 24.8. The smallest absolute Gasteiger partial charge is 0.262 e. The summed E-state index contributed by atoms with van der Waals surface area (Å²) < 4.78 is 18.1. The van der Waals surface area contributed by atoms with E-state index in [4.69, 9.17) is 38.0 Å². The number of benzene rings is 2. The molecule has 6 nitrogen and oxygen atoms in total. The zero-order chi connectivity index (χ0) is 23.3. The fourth-order valence-corrected chi connectivity index (χ4v) is 4.54. The van der Waals surface area contributed by atoms with Gasteiger partial charge in [-0.1, -0.05) is 29.9 Å². The molecule has 0 spiro atoms. The fraction of sp³-hybridized carbons (Fsp3) is 0.391. The number of nitrogens with zero attached hydrogens (tertiary/aromatic N) is 1. The van der Waals surface area contributed by atoms with Crippen LogP contribution in [0.4, 0.5) is 5.69 Å². The van der Waals surface area contributed by atoms with E-state index in [1.165, 1.54) is 0 Å². The molecular weight excluding hydrogens is 516 g/mol. The molecule has 32 heavy (non-hydrogen) atoms. The molecule has 3 rings (SSSR count). The summed E-state index contributed by atoms with van der Waals surface area (Å²) in [4.78, 5) is 15.2. The number of morpholine rings is 1. The predicted octanol–water partition coefficient (Wildman–Crippen LogP) is 5.30. The Labute approximate surface area is 207 Å². The van der Waals surface area contributed by atoms with Crippen LogP contribution in [0.25, 0.3) is 0 Å². The van der Waals surface area contributed by atoms with Crippen molar-refractivity contribution in [2.24, 2.45) is 0 Å². The van der Waals surface area contributed by atoms with Crippen molar-refractivity contribution in [2.45, 2.75) is 33.0 Å². The second kappa shape index (κ2) is 11.3. The predicted molar refractivity (Wildman–Crippen MR) is 134 cm³/mol. The van der Waals surface area contributed by atoms with Crippen molar-refractivity contribution in [3.8, 4) is 11.5 Å². The third-order valence-corrected chi connectivity index (χ3v) is 6.04. The summed E-state index contributed by atoms with van der Waals surface area (Å²) in [5.74, 6) is 0.657. The van der Waals surface area contributed by atoms with Gasteiger partial charge in [-0.25, -0.2) is 0 Å². The Morgan fingerprint density at radius 3 is 2.62 bits per heavy atom. The van der Waals surface area contributed by atoms with E-state index in [0.29, 0.717) is 33.3 Å². The molecule has 172 valence electrons. The van der Waals surface area contributed by atoms with Gasteiger partial charge >= 0.3 is 0 Å². The van der Waals surface area contributed by atoms with Gasteiger partial charge in [0.1, 0.15) is 4.99 Å². The molecule has 2 aromatic rings. The number of ether oxygens (including phenoxy) is 3. The molecule has 1 aliphatic rings. The second-order valence-electron chi connectivity index (χ2n) is 7.53. The van der Waals surface area contributed by atoms with Gasteiger partial charge in [0.05, 0.1) is 23.3 Å². The summed E-state index contributed by atoms with van der Waals surface area (Å²) >= 11 is 15.3. The van der Waals surface area contributed by atoms with Gasteiger partial charge in [-0.15, -0.1) is 0 Å². The van der Waals surface area contributed by atoms with E-state index in [1.807, 2.05) is 32.9 Å². The standard InChI is InChI=1S/C23H26BrClN2O4S/c1-4-29-20-9-16(23(32)27-11-14(2)31-15(3)12-27)8-19(24)22(20)30-13-21(28)26-18-7-5-6-17(25)10-18/h5-10,14-15H,4,11-13H2,1-3H3,(H,26,28)/t14-,15-/m1/s1. The van der Waals surface area contributed by atoms with Crippen LogP contribution in [0.5, 0.6) is 11.5 Å². The number of rotatable bonds is 7. The van der Waals surface area contributed by atoms with E-state index in [1.54, 1.807) is 24.3 Å². The highest BCUT2D eigenvalue weighted by molar-refractivity contribution is 9.10. The quantitative estimate of drug-likeness (QED) is 0.480. The number of carbonyl (C=O) groups is 1. The molecule has 0 radical (unpaired) electrons. The average molecular weight is 542 g/mol. The molecule has 1 heterocycles. The number of amides is 1. The zero-order valence-electron chi connectivity index (χ0n) is 18.2. The summed E-state index contributed by atoms with van der Waals surface area (Å²) in [5, 5.41) is 3.30. The number of hydrogen-bond donors (Lipinski definition) is 1. The van der Waals surface area contributed by atoms with Crippen molar-refractivity contribution < 1.29 is 19.0 Å². The lowest BCUT2D eigenvalue weighted by Crippen LogP contribution is -2.47. The van der Waals surface area contributed by atoms with Gasteiger partial charge in [-0.05, 0) is 67.0 Å². The maximum absolute atomic E-state index is 12.3. The molecule has 2 aromatic carbocycles. The van der Waals surface area contributed by atoms with E-state index in [0.717, 1.165) is 23.6 Å². The van der Waals surface area contributed by atoms with Gasteiger partial charge in [-0.3, -0.25) is 4.79 Å². The Bertz CT molecular complexity index is 980. The molecule has 9 heteroatoms. The first-order chi connectivity index (χ1) is 15.3. The van der Waals surface area contributed by atoms with Crippen LogP contribution in [0.15, 0.2) is 40.9 Å². The SMILES string of the molecule is CCOc1cc(C(=S)N2C[C@@H](C)O[C@H](C)C2)cc(Br)c1OCC(=O)Nc1cccc(Cl)c1. The van der Waals surface area contributed by atoms with Crippen LogP contribution < -0.4 is 14.8 Å². The molecule has 1 aliphatic heterocycles. The second-order valence-corrected chi connectivity index (χ2v) is 9.21. The molecule has 0 unspecified atom stereocenters. The first-order valence-electron chi connectivity index (χ1n) is 10.4. The maximum atomic E-state index is 12.3. The summed E-state index contributed by atoms with van der Waals surface area (Å²) in [6.45, 7) is 7.68. The third-order valence-electron chi connectivity index (χ3n) is 4.72. The number of carbonyl (C=O) groups excluding carboxylic acids is 1. The molecular formula is C23H26BrClN2O4S. The number of thiocarbonyl (C=S) groups is 1. The molecule has 1 fully saturated rings. The van der Waals surface area contributed by atoms with E-state index in [-0.39, 0.29) is 24.7 Å². The normalized spacial score (nSPS) is 18.2. The van der Waals surface area contributed by atoms with Gasteiger partial charge < -0.3 is 24.4 Å². The summed E-state index contributed by atoms with van der Waals surface area (Å²) in [6.07, 6.45) is 0.208. The molecule has 2 atom stereocenters. The Balaban J connectivity index is 1.73. The Morgan fingerprint density at radius 2 is 1.97 bits per heavy atom. The summed E-state index contributed by atoms with van der Waals surface area (Å²) in [5.41, 5.74) is 1.44. The minimum atomic E-state index is -0.308. The Morgan fingerprint density at radius 1 is 1.25 bits per heavy atom. The van der Waals surface area contributed by atoms with E-state index in [9.17, 15) is 4.79 Å². The van der Waals surface area contributed by atoms with Gasteiger partial charge in [0, 0.05) is 29.4 Å². The third kappa shape index (κ3) is 6.57. The molecule has 0 saturated carbocycles. The molecule has 1 N–H and O–H groups in total. The van der Waals surface area contributed by atoms with Crippen LogP contribution in [0.2, 0.25) is 5.02 Å². The Hall–Kier alpha value is -1.87. The lowest BCUT2D eigenvalue weighted by molar-refractivity contribution is -0.118. The van der Waals surface area contributed by atoms with Crippen molar-refractivity contribution in [3.63, 3.8) is 0 Å². The van der Waals surface area contributed by atoms with Crippen LogP contribution in [-0.4, -0.2) is 54.3 Å². The monoisotopic (exact) mass is 540 g/mol. The minimum absolute atomic E-state index is 0.104. The van der Waals surface area contributed by atoms with Crippen LogP contribution in [-0.2, 0) is 9.53 Å². The van der Waals surface area contributed by atoms with Crippen LogP contribution >= 0.6 is 39.7 Å². The molecule has 0 bridgehead atoms. The van der Waals surface area contributed by atoms with Crippen molar-refractivity contribution in [3.05, 3.63) is 51.5 Å². The molecule has 0 aromatic heterocycles. The minimum Gasteiger partial charge on any atom is -0.490 e. The zero-order valence-corrected chi connectivity index (χ0v) is 21.4. The molecule has 0 aliphatic carbocycles. The van der Waals surface area contributed by atoms with Crippen molar-refractivity contribution >= 4 is 56.3 Å². The van der Waals surface area contributed by atoms with Gasteiger partial charge in [-0.2, -0.15) is 0 Å². The molecule has 1 amide bonds. The topological polar surface area (TPSA) is 60.0 Å². The highest BCUT2D eigenvalue weighted by Crippen LogP contribution is 2.37. The first-order valence-corrected chi connectivity index (χ1v) is 11.9. The highest BCUT2D eigenvalue weighted by atomic mass is 79.9. The lowest BCUT2D eigenvalue weighted by atomic mass is 10.1. The number of nitrogens with one attached hydrogen (secondary N) is 1. The van der Waals surface area contributed by atoms with Gasteiger partial charge in [0.25, 0.3) is 5.91 Å². The van der Waals surface area contributed by atoms with Gasteiger partial charge in [0.15, 0.2) is 18.1 Å². The average Bonchev–Trinajstić information content (AvgIpc) is 2.72. The molecule has 1 saturated heterocycles. The van der Waals surface area contributed by atoms with E-state index >= 15 is 0 Å². The fourth-order valence-electron chi connectivity index (χ4n) is 3.52. The Kier molecular flexibility index (Phi) is 8.76. The van der Waals surface area contributed by atoms with E-state index in [2.05, 4.69) is 26.1 Å². The largest absolute Gasteiger partial charge is 0.490 e. The van der Waals surface area contributed by atoms with E-state index < -0.39 is 0 Å². The maximum Gasteiger partial charge on any atom is 0.262 e. The van der Waals surface area contributed by atoms with Crippen LogP contribution in [0.1, 0.15) is 26.3 Å². The number of anilines is 1. The van der Waals surface area contributed by atoms with Crippen molar-refractivity contribution in [1.29, 1.82) is 0 Å². The number of hydrogen-bond acceptors (Lipinski definition) is 5. The lowest BCUT2D eigenvalue weighted by Gasteiger charge is -2.37. The van der Waals surface area contributed by atoms with Crippen molar-refractivity contribution in [1.82, 2.24) is 4.90 Å². The van der Waals surface area contributed by atoms with Crippen molar-refractivity contribution in [2.75, 3.05) is 31.6 Å². The summed E-state index contributed by atoms with van der Waals surface area (Å²) in [7, 11) is 0. The van der Waals surface area contributed by atoms with Crippen LogP contribution in [0, 0.1) is 0 Å². The van der Waals surface area contributed by atoms with Crippen LogP contribution in [0.3, 0.4) is 0 Å². The number of halogens is 2. The van der Waals surface area contributed by atoms with Gasteiger partial charge in [0.2, 0.25) is 0 Å².